The number of hydrogen-bond acceptors (Lipinski definition) is 5. The molecule has 2 aromatic heterocycles. The number of para-hydroxylation sites is 2. The van der Waals surface area contributed by atoms with E-state index in [4.69, 9.17) is 9.47 Å². The molecule has 0 saturated heterocycles. The summed E-state index contributed by atoms with van der Waals surface area (Å²) in [4.78, 5) is 4.47. The van der Waals surface area contributed by atoms with Gasteiger partial charge in [0.2, 0.25) is 0 Å². The highest BCUT2D eigenvalue weighted by Crippen LogP contribution is 2.33. The van der Waals surface area contributed by atoms with Crippen molar-refractivity contribution in [1.82, 2.24) is 14.6 Å². The van der Waals surface area contributed by atoms with Gasteiger partial charge in [-0.25, -0.2) is 9.50 Å². The fourth-order valence-corrected chi connectivity index (χ4v) is 2.82. The van der Waals surface area contributed by atoms with E-state index in [9.17, 15) is 0 Å². The molecule has 0 unspecified atom stereocenters. The summed E-state index contributed by atoms with van der Waals surface area (Å²) in [5.41, 5.74) is 2.57. The normalized spacial score (nSPS) is 10.9. The Morgan fingerprint density at radius 1 is 0.963 bits per heavy atom. The predicted octanol–water partition coefficient (Wildman–Crippen LogP) is 4.25. The fourth-order valence-electron chi connectivity index (χ4n) is 2.82. The molecule has 136 valence electrons. The van der Waals surface area contributed by atoms with Crippen LogP contribution in [-0.4, -0.2) is 34.9 Å². The molecular formula is C21H20N4O2. The Morgan fingerprint density at radius 2 is 1.78 bits per heavy atom. The third-order valence-corrected chi connectivity index (χ3v) is 4.11. The first kappa shape index (κ1) is 17.1. The molecule has 0 fully saturated rings. The third-order valence-electron chi connectivity index (χ3n) is 4.11. The van der Waals surface area contributed by atoms with Crippen molar-refractivity contribution in [2.24, 2.45) is 0 Å². The zero-order valence-corrected chi connectivity index (χ0v) is 15.0. The fraction of sp³-hybridized carbons (Fsp3) is 0.143. The number of nitrogens with one attached hydrogen (secondary N) is 1. The summed E-state index contributed by atoms with van der Waals surface area (Å²) in [5, 5.41) is 7.91. The van der Waals surface area contributed by atoms with Crippen molar-refractivity contribution in [1.29, 1.82) is 0 Å². The smallest absolute Gasteiger partial charge is 0.154 e. The van der Waals surface area contributed by atoms with Crippen LogP contribution in [0.5, 0.6) is 11.5 Å². The van der Waals surface area contributed by atoms with Gasteiger partial charge in [0.1, 0.15) is 17.3 Å². The summed E-state index contributed by atoms with van der Waals surface area (Å²) in [6, 6.07) is 21.5. The zero-order chi connectivity index (χ0) is 18.5. The Kier molecular flexibility index (Phi) is 4.98. The lowest BCUT2D eigenvalue weighted by molar-refractivity contribution is 0.210. The highest BCUT2D eigenvalue weighted by molar-refractivity contribution is 5.70. The van der Waals surface area contributed by atoms with Crippen molar-refractivity contribution < 1.29 is 9.47 Å². The van der Waals surface area contributed by atoms with Crippen LogP contribution in [0.1, 0.15) is 0 Å². The number of rotatable bonds is 7. The maximum atomic E-state index is 6.09. The first-order valence-corrected chi connectivity index (χ1v) is 8.75. The number of anilines is 1. The Balaban J connectivity index is 1.71. The average Bonchev–Trinajstić information content (AvgIpc) is 3.13. The molecule has 4 rings (SSSR count). The van der Waals surface area contributed by atoms with Crippen molar-refractivity contribution in [3.05, 3.63) is 72.9 Å². The van der Waals surface area contributed by atoms with Gasteiger partial charge in [0, 0.05) is 19.2 Å². The number of imidazole rings is 1. The Hall–Kier alpha value is -3.38. The molecule has 0 bridgehead atoms. The number of fused-ring (bicyclic) bond motifs is 1. The van der Waals surface area contributed by atoms with E-state index in [1.54, 1.807) is 7.11 Å². The molecule has 4 aromatic rings. The summed E-state index contributed by atoms with van der Waals surface area (Å²) in [6.45, 7) is 1.30. The summed E-state index contributed by atoms with van der Waals surface area (Å²) in [5.74, 6) is 2.30. The molecule has 0 aliphatic heterocycles. The molecule has 0 atom stereocenters. The van der Waals surface area contributed by atoms with Crippen molar-refractivity contribution >= 4 is 11.5 Å². The van der Waals surface area contributed by atoms with Gasteiger partial charge >= 0.3 is 0 Å². The molecule has 0 aliphatic carbocycles. The minimum Gasteiger partial charge on any atom is -0.457 e. The van der Waals surface area contributed by atoms with Gasteiger partial charge in [0.15, 0.2) is 5.65 Å². The second-order valence-electron chi connectivity index (χ2n) is 5.96. The van der Waals surface area contributed by atoms with Crippen molar-refractivity contribution in [2.45, 2.75) is 0 Å². The molecule has 2 heterocycles. The quantitative estimate of drug-likeness (QED) is 0.499. The maximum absolute atomic E-state index is 6.09. The number of hydrogen-bond donors (Lipinski definition) is 1. The second kappa shape index (κ2) is 7.88. The molecule has 6 heteroatoms. The molecule has 6 nitrogen and oxygen atoms in total. The monoisotopic (exact) mass is 360 g/mol. The van der Waals surface area contributed by atoms with E-state index in [-0.39, 0.29) is 0 Å². The van der Waals surface area contributed by atoms with Crippen LogP contribution in [-0.2, 0) is 4.74 Å². The van der Waals surface area contributed by atoms with Crippen LogP contribution in [0.15, 0.2) is 72.9 Å². The van der Waals surface area contributed by atoms with Crippen LogP contribution >= 0.6 is 0 Å². The van der Waals surface area contributed by atoms with Crippen LogP contribution < -0.4 is 10.1 Å². The zero-order valence-electron chi connectivity index (χ0n) is 15.0. The minimum absolute atomic E-state index is 0.615. The van der Waals surface area contributed by atoms with E-state index in [1.165, 1.54) is 0 Å². The Morgan fingerprint density at radius 3 is 2.63 bits per heavy atom. The second-order valence-corrected chi connectivity index (χ2v) is 5.96. The lowest BCUT2D eigenvalue weighted by Gasteiger charge is -2.11. The molecule has 0 spiro atoms. The molecule has 0 amide bonds. The van der Waals surface area contributed by atoms with E-state index in [1.807, 2.05) is 77.4 Å². The standard InChI is InChI=1S/C21H20N4O2/c1-26-14-13-22-20-11-12-21-23-15-18(25(21)24-20)17-9-5-6-10-19(17)27-16-7-3-2-4-8-16/h2-12,15H,13-14H2,1H3,(H,22,24). The molecule has 2 aromatic carbocycles. The first-order valence-electron chi connectivity index (χ1n) is 8.75. The molecule has 1 N–H and O–H groups in total. The highest BCUT2D eigenvalue weighted by Gasteiger charge is 2.13. The maximum Gasteiger partial charge on any atom is 0.154 e. The van der Waals surface area contributed by atoms with Crippen LogP contribution in [0, 0.1) is 0 Å². The van der Waals surface area contributed by atoms with Gasteiger partial charge in [-0.1, -0.05) is 30.3 Å². The van der Waals surface area contributed by atoms with E-state index >= 15 is 0 Å². The first-order chi connectivity index (χ1) is 13.3. The Bertz CT molecular complexity index is 1030. The van der Waals surface area contributed by atoms with Crippen LogP contribution in [0.25, 0.3) is 16.9 Å². The summed E-state index contributed by atoms with van der Waals surface area (Å²) >= 11 is 0. The van der Waals surface area contributed by atoms with Crippen LogP contribution in [0.4, 0.5) is 5.82 Å². The van der Waals surface area contributed by atoms with Crippen LogP contribution in [0.3, 0.4) is 0 Å². The molecule has 0 aliphatic rings. The highest BCUT2D eigenvalue weighted by atomic mass is 16.5. The molecule has 0 saturated carbocycles. The van der Waals surface area contributed by atoms with Gasteiger partial charge in [0.05, 0.1) is 18.5 Å². The minimum atomic E-state index is 0.615. The van der Waals surface area contributed by atoms with Gasteiger partial charge in [-0.15, -0.1) is 5.10 Å². The molecule has 27 heavy (non-hydrogen) atoms. The lowest BCUT2D eigenvalue weighted by Crippen LogP contribution is -2.10. The average molecular weight is 360 g/mol. The van der Waals surface area contributed by atoms with Crippen molar-refractivity contribution in [3.63, 3.8) is 0 Å². The largest absolute Gasteiger partial charge is 0.457 e. The van der Waals surface area contributed by atoms with E-state index in [0.29, 0.717) is 13.2 Å². The SMILES string of the molecule is COCCNc1ccc2ncc(-c3ccccc3Oc3ccccc3)n2n1. The van der Waals surface area contributed by atoms with Gasteiger partial charge in [0.25, 0.3) is 0 Å². The predicted molar refractivity (Wildman–Crippen MR) is 105 cm³/mol. The van der Waals surface area contributed by atoms with Gasteiger partial charge in [-0.3, -0.25) is 0 Å². The summed E-state index contributed by atoms with van der Waals surface area (Å²) in [7, 11) is 1.68. The summed E-state index contributed by atoms with van der Waals surface area (Å²) in [6.07, 6.45) is 1.81. The van der Waals surface area contributed by atoms with Gasteiger partial charge in [-0.2, -0.15) is 0 Å². The number of benzene rings is 2. The number of nitrogens with zero attached hydrogens (tertiary/aromatic N) is 3. The van der Waals surface area contributed by atoms with E-state index < -0.39 is 0 Å². The molecule has 0 radical (unpaired) electrons. The van der Waals surface area contributed by atoms with Gasteiger partial charge < -0.3 is 14.8 Å². The van der Waals surface area contributed by atoms with Crippen molar-refractivity contribution in [2.75, 3.05) is 25.6 Å². The van der Waals surface area contributed by atoms with Crippen LogP contribution in [0.2, 0.25) is 0 Å². The Labute approximate surface area is 157 Å². The lowest BCUT2D eigenvalue weighted by atomic mass is 10.1. The topological polar surface area (TPSA) is 60.7 Å². The number of aromatic nitrogens is 3. The van der Waals surface area contributed by atoms with E-state index in [2.05, 4.69) is 15.4 Å². The molecular weight excluding hydrogens is 340 g/mol. The summed E-state index contributed by atoms with van der Waals surface area (Å²) < 4.78 is 13.0. The van der Waals surface area contributed by atoms with E-state index in [0.717, 1.165) is 34.2 Å². The number of ether oxygens (including phenoxy) is 2. The van der Waals surface area contributed by atoms with Gasteiger partial charge in [-0.05, 0) is 36.4 Å². The third kappa shape index (κ3) is 3.75. The van der Waals surface area contributed by atoms with Crippen molar-refractivity contribution in [3.8, 4) is 22.8 Å². The number of methoxy groups -OCH3 is 1.